The van der Waals surface area contributed by atoms with Crippen LogP contribution in [0.1, 0.15) is 97.3 Å². The van der Waals surface area contributed by atoms with Crippen LogP contribution in [0.2, 0.25) is 0 Å². The first-order valence-corrected chi connectivity index (χ1v) is 13.0. The molecule has 28 heavy (non-hydrogen) atoms. The normalized spacial score (nSPS) is 54.9. The first-order chi connectivity index (χ1) is 13.7. The smallest absolute Gasteiger partial charge is 0.0451 e. The van der Waals surface area contributed by atoms with Crippen LogP contribution in [-0.2, 0) is 0 Å². The molecule has 5 fully saturated rings. The number of nitrogens with zero attached hydrogens (tertiary/aromatic N) is 2. The molecule has 154 valence electrons. The van der Waals surface area contributed by atoms with E-state index in [1.165, 1.54) is 83.5 Å². The molecule has 0 amide bonds. The van der Waals surface area contributed by atoms with Crippen LogP contribution in [0.5, 0.6) is 0 Å². The summed E-state index contributed by atoms with van der Waals surface area (Å²) in [6.45, 7) is 5.23. The van der Waals surface area contributed by atoms with E-state index in [1.54, 1.807) is 0 Å². The molecule has 0 radical (unpaired) electrons. The minimum absolute atomic E-state index is 0.478. The van der Waals surface area contributed by atoms with Crippen molar-refractivity contribution in [3.05, 3.63) is 11.3 Å². The second kappa shape index (κ2) is 5.80. The highest BCUT2D eigenvalue weighted by molar-refractivity contribution is 5.40. The Kier molecular flexibility index (Phi) is 3.57. The molecule has 6 aliphatic heterocycles. The summed E-state index contributed by atoms with van der Waals surface area (Å²) < 4.78 is 0. The van der Waals surface area contributed by atoms with Gasteiger partial charge in [0, 0.05) is 41.3 Å². The monoisotopic (exact) mass is 380 g/mol. The molecular weight excluding hydrogens is 340 g/mol. The Balaban J connectivity index is 1.44. The average molecular weight is 381 g/mol. The summed E-state index contributed by atoms with van der Waals surface area (Å²) in [6.07, 6.45) is 19.4. The molecule has 2 nitrogen and oxygen atoms in total. The van der Waals surface area contributed by atoms with Crippen molar-refractivity contribution in [2.75, 3.05) is 0 Å². The first-order valence-electron chi connectivity index (χ1n) is 13.0. The number of hydrogen-bond acceptors (Lipinski definition) is 2. The Morgan fingerprint density at radius 2 is 1.54 bits per heavy atom. The SMILES string of the molecule is CC1CC2CCCC3CC4CC(C1)(C1=C5C4C(C)CC4CCCC(CC1)N54)N23. The topological polar surface area (TPSA) is 6.48 Å². The standard InChI is InChI=1S/C26H40N2/c1-16-11-21-7-4-8-22-13-18-15-26(14-16,28(21)22)23-10-9-19-5-3-6-20-12-17(2)24(18)25(23)27(19)20/h16-22,24H,3-15H2,1-2H3. The molecule has 9 atom stereocenters. The van der Waals surface area contributed by atoms with Gasteiger partial charge in [0.2, 0.25) is 0 Å². The Bertz CT molecular complexity index is 711. The lowest BCUT2D eigenvalue weighted by Gasteiger charge is -2.70. The number of rotatable bonds is 0. The van der Waals surface area contributed by atoms with Gasteiger partial charge in [-0.15, -0.1) is 0 Å². The third kappa shape index (κ3) is 2.05. The molecule has 0 aromatic carbocycles. The van der Waals surface area contributed by atoms with Gasteiger partial charge in [0.1, 0.15) is 0 Å². The summed E-state index contributed by atoms with van der Waals surface area (Å²) in [5.74, 6) is 3.76. The fourth-order valence-electron chi connectivity index (χ4n) is 10.3. The highest BCUT2D eigenvalue weighted by atomic mass is 15.3. The molecule has 7 rings (SSSR count). The number of hydrogen-bond donors (Lipinski definition) is 0. The molecule has 2 heteroatoms. The van der Waals surface area contributed by atoms with E-state index in [0.717, 1.165) is 47.8 Å². The van der Waals surface area contributed by atoms with Crippen molar-refractivity contribution < 1.29 is 0 Å². The second-order valence-corrected chi connectivity index (χ2v) is 12.2. The van der Waals surface area contributed by atoms with E-state index in [4.69, 9.17) is 0 Å². The van der Waals surface area contributed by atoms with Gasteiger partial charge in [-0.2, -0.15) is 0 Å². The minimum Gasteiger partial charge on any atom is -0.369 e. The van der Waals surface area contributed by atoms with Gasteiger partial charge in [-0.3, -0.25) is 4.90 Å². The second-order valence-electron chi connectivity index (χ2n) is 12.2. The molecule has 0 N–H and O–H groups in total. The van der Waals surface area contributed by atoms with Gasteiger partial charge in [-0.05, 0) is 100 Å². The van der Waals surface area contributed by atoms with Crippen molar-refractivity contribution in [2.45, 2.75) is 127 Å². The molecule has 0 aromatic rings. The lowest BCUT2D eigenvalue weighted by atomic mass is 9.52. The van der Waals surface area contributed by atoms with Crippen LogP contribution >= 0.6 is 0 Å². The van der Waals surface area contributed by atoms with E-state index >= 15 is 0 Å². The van der Waals surface area contributed by atoms with Gasteiger partial charge in [0.15, 0.2) is 0 Å². The summed E-state index contributed by atoms with van der Waals surface area (Å²) in [7, 11) is 0. The maximum Gasteiger partial charge on any atom is 0.0451 e. The quantitative estimate of drug-likeness (QED) is 0.529. The Labute approximate surface area is 172 Å². The maximum absolute atomic E-state index is 3.20. The van der Waals surface area contributed by atoms with Gasteiger partial charge in [0.25, 0.3) is 0 Å². The highest BCUT2D eigenvalue weighted by Crippen LogP contribution is 2.64. The molecular formula is C26H40N2. The van der Waals surface area contributed by atoms with E-state index in [2.05, 4.69) is 23.6 Å². The lowest BCUT2D eigenvalue weighted by molar-refractivity contribution is -0.137. The van der Waals surface area contributed by atoms with Crippen LogP contribution < -0.4 is 0 Å². The van der Waals surface area contributed by atoms with E-state index < -0.39 is 0 Å². The van der Waals surface area contributed by atoms with Crippen LogP contribution in [0.3, 0.4) is 0 Å². The zero-order chi connectivity index (χ0) is 18.6. The molecule has 0 aromatic heterocycles. The summed E-state index contributed by atoms with van der Waals surface area (Å²) in [6, 6.07) is 3.61. The van der Waals surface area contributed by atoms with Gasteiger partial charge < -0.3 is 4.90 Å². The molecule has 1 aliphatic carbocycles. The van der Waals surface area contributed by atoms with Gasteiger partial charge in [-0.25, -0.2) is 0 Å². The summed E-state index contributed by atoms with van der Waals surface area (Å²) >= 11 is 0. The van der Waals surface area contributed by atoms with Crippen molar-refractivity contribution in [3.63, 3.8) is 0 Å². The van der Waals surface area contributed by atoms with Crippen molar-refractivity contribution >= 4 is 0 Å². The molecule has 9 unspecified atom stereocenters. The predicted octanol–water partition coefficient (Wildman–Crippen LogP) is 5.73. The van der Waals surface area contributed by atoms with Gasteiger partial charge in [0.05, 0.1) is 0 Å². The third-order valence-corrected chi connectivity index (χ3v) is 10.7. The van der Waals surface area contributed by atoms with Crippen LogP contribution in [0.25, 0.3) is 0 Å². The van der Waals surface area contributed by atoms with E-state index in [-0.39, 0.29) is 0 Å². The van der Waals surface area contributed by atoms with Gasteiger partial charge >= 0.3 is 0 Å². The van der Waals surface area contributed by atoms with E-state index in [1.807, 2.05) is 11.3 Å². The fourth-order valence-corrected chi connectivity index (χ4v) is 10.3. The first kappa shape index (κ1) is 17.2. The Morgan fingerprint density at radius 1 is 0.786 bits per heavy atom. The average Bonchev–Trinajstić information content (AvgIpc) is 2.67. The summed E-state index contributed by atoms with van der Waals surface area (Å²) in [4.78, 5) is 6.30. The van der Waals surface area contributed by atoms with Crippen LogP contribution in [0.15, 0.2) is 11.3 Å². The third-order valence-electron chi connectivity index (χ3n) is 10.7. The number of piperidine rings is 5. The number of fused-ring (bicyclic) bond motifs is 2. The van der Waals surface area contributed by atoms with Crippen LogP contribution in [0.4, 0.5) is 0 Å². The van der Waals surface area contributed by atoms with Crippen LogP contribution in [-0.4, -0.2) is 39.5 Å². The molecule has 2 bridgehead atoms. The van der Waals surface area contributed by atoms with Crippen molar-refractivity contribution in [1.82, 2.24) is 9.80 Å². The van der Waals surface area contributed by atoms with Crippen molar-refractivity contribution in [3.8, 4) is 0 Å². The molecule has 6 heterocycles. The summed E-state index contributed by atoms with van der Waals surface area (Å²) in [5.41, 5.74) is 4.45. The Morgan fingerprint density at radius 3 is 2.39 bits per heavy atom. The maximum atomic E-state index is 3.20. The molecule has 1 spiro atoms. The minimum atomic E-state index is 0.478. The van der Waals surface area contributed by atoms with E-state index in [9.17, 15) is 0 Å². The fraction of sp³-hybridized carbons (Fsp3) is 0.923. The largest absolute Gasteiger partial charge is 0.369 e. The van der Waals surface area contributed by atoms with Crippen molar-refractivity contribution in [1.29, 1.82) is 0 Å². The highest BCUT2D eigenvalue weighted by Gasteiger charge is 2.62. The van der Waals surface area contributed by atoms with Crippen LogP contribution in [0, 0.1) is 23.7 Å². The summed E-state index contributed by atoms with van der Waals surface area (Å²) in [5, 5.41) is 0. The zero-order valence-electron chi connectivity index (χ0n) is 18.2. The predicted molar refractivity (Wildman–Crippen MR) is 114 cm³/mol. The number of allylic oxidation sites excluding steroid dienone is 1. The molecule has 0 saturated carbocycles. The zero-order valence-corrected chi connectivity index (χ0v) is 18.2. The lowest BCUT2D eigenvalue weighted by Crippen LogP contribution is -2.72. The van der Waals surface area contributed by atoms with Crippen molar-refractivity contribution in [2.24, 2.45) is 23.7 Å². The Hall–Kier alpha value is -0.500. The molecule has 7 aliphatic rings. The van der Waals surface area contributed by atoms with E-state index in [0.29, 0.717) is 5.54 Å². The molecule has 5 saturated heterocycles. The van der Waals surface area contributed by atoms with Gasteiger partial charge in [-0.1, -0.05) is 20.3 Å².